The lowest BCUT2D eigenvalue weighted by atomic mass is 9.99. The summed E-state index contributed by atoms with van der Waals surface area (Å²) in [6, 6.07) is 24.0. The first-order valence-corrected chi connectivity index (χ1v) is 8.35. The zero-order chi connectivity index (χ0) is 16.5. The molecular weight excluding hydrogens is 292 g/mol. The van der Waals surface area contributed by atoms with Crippen molar-refractivity contribution >= 4 is 32.9 Å². The second kappa shape index (κ2) is 5.97. The maximum absolute atomic E-state index is 4.31. The molecule has 0 saturated heterocycles. The zero-order valence-electron chi connectivity index (χ0n) is 14.0. The highest BCUT2D eigenvalue weighted by Crippen LogP contribution is 2.38. The van der Waals surface area contributed by atoms with Crippen LogP contribution in [-0.2, 0) is 0 Å². The van der Waals surface area contributed by atoms with Gasteiger partial charge in [0.25, 0.3) is 0 Å². The van der Waals surface area contributed by atoms with Gasteiger partial charge in [-0.05, 0) is 48.2 Å². The lowest BCUT2D eigenvalue weighted by Gasteiger charge is -2.30. The van der Waals surface area contributed by atoms with E-state index in [-0.39, 0.29) is 0 Å². The Morgan fingerprint density at radius 1 is 0.792 bits per heavy atom. The number of benzene rings is 3. The minimum absolute atomic E-state index is 0.332. The van der Waals surface area contributed by atoms with Gasteiger partial charge in [-0.15, -0.1) is 0 Å². The molecule has 3 aromatic carbocycles. The molecule has 0 N–H and O–H groups in total. The molecule has 0 spiro atoms. The van der Waals surface area contributed by atoms with Gasteiger partial charge in [-0.25, -0.2) is 0 Å². The second-order valence-electron chi connectivity index (χ2n) is 6.34. The Morgan fingerprint density at radius 3 is 2.21 bits per heavy atom. The first-order chi connectivity index (χ1) is 11.8. The lowest BCUT2D eigenvalue weighted by Crippen LogP contribution is -2.25. The van der Waals surface area contributed by atoms with Crippen LogP contribution in [0.3, 0.4) is 0 Å². The van der Waals surface area contributed by atoms with Gasteiger partial charge in [0.2, 0.25) is 0 Å². The molecule has 1 heterocycles. The Balaban J connectivity index is 2.07. The van der Waals surface area contributed by atoms with E-state index in [1.807, 2.05) is 18.5 Å². The number of aromatic nitrogens is 1. The van der Waals surface area contributed by atoms with E-state index >= 15 is 0 Å². The topological polar surface area (TPSA) is 16.1 Å². The summed E-state index contributed by atoms with van der Waals surface area (Å²) in [5.41, 5.74) is 2.35. The van der Waals surface area contributed by atoms with Crippen molar-refractivity contribution in [1.82, 2.24) is 4.98 Å². The van der Waals surface area contributed by atoms with Crippen LogP contribution in [0, 0.1) is 0 Å². The van der Waals surface area contributed by atoms with Crippen molar-refractivity contribution in [2.45, 2.75) is 19.9 Å². The molecule has 0 aliphatic heterocycles. The molecule has 0 amide bonds. The largest absolute Gasteiger partial charge is 0.337 e. The molecule has 0 aliphatic carbocycles. The maximum Gasteiger partial charge on any atom is 0.0599 e. The average Bonchev–Trinajstić information content (AvgIpc) is 2.63. The van der Waals surface area contributed by atoms with E-state index in [2.05, 4.69) is 84.4 Å². The molecule has 118 valence electrons. The number of hydrogen-bond donors (Lipinski definition) is 0. The third kappa shape index (κ3) is 2.41. The van der Waals surface area contributed by atoms with E-state index in [9.17, 15) is 0 Å². The number of nitrogens with zero attached hydrogens (tertiary/aromatic N) is 2. The minimum atomic E-state index is 0.332. The molecule has 24 heavy (non-hydrogen) atoms. The molecule has 1 aromatic heterocycles. The molecule has 4 aromatic rings. The van der Waals surface area contributed by atoms with Crippen molar-refractivity contribution in [3.05, 3.63) is 79.1 Å². The van der Waals surface area contributed by atoms with Gasteiger partial charge in [0.1, 0.15) is 0 Å². The number of rotatable bonds is 3. The first kappa shape index (κ1) is 14.7. The molecule has 0 radical (unpaired) electrons. The summed E-state index contributed by atoms with van der Waals surface area (Å²) in [5.74, 6) is 0. The first-order valence-electron chi connectivity index (χ1n) is 8.35. The highest BCUT2D eigenvalue weighted by Gasteiger charge is 2.17. The Labute approximate surface area is 142 Å². The van der Waals surface area contributed by atoms with Gasteiger partial charge in [-0.2, -0.15) is 0 Å². The van der Waals surface area contributed by atoms with Crippen molar-refractivity contribution in [2.75, 3.05) is 4.90 Å². The van der Waals surface area contributed by atoms with Crippen LogP contribution in [0.15, 0.2) is 79.1 Å². The van der Waals surface area contributed by atoms with Crippen LogP contribution in [0.1, 0.15) is 13.8 Å². The standard InChI is InChI=1S/C22H20N2/c1-16(2)24(18-9-7-13-23-15-18)22-14-17-8-3-4-10-19(17)20-11-5-6-12-21(20)22/h3-16H,1-2H3. The van der Waals surface area contributed by atoms with Crippen LogP contribution in [0.25, 0.3) is 21.5 Å². The molecule has 0 atom stereocenters. The van der Waals surface area contributed by atoms with Gasteiger partial charge in [-0.3, -0.25) is 4.98 Å². The summed E-state index contributed by atoms with van der Waals surface area (Å²) in [6.07, 6.45) is 3.75. The van der Waals surface area contributed by atoms with Gasteiger partial charge >= 0.3 is 0 Å². The summed E-state index contributed by atoms with van der Waals surface area (Å²) < 4.78 is 0. The van der Waals surface area contributed by atoms with Crippen LogP contribution in [0.5, 0.6) is 0 Å². The fraction of sp³-hybridized carbons (Fsp3) is 0.136. The molecule has 0 unspecified atom stereocenters. The Hall–Kier alpha value is -2.87. The van der Waals surface area contributed by atoms with Gasteiger partial charge in [0.05, 0.1) is 11.9 Å². The molecule has 0 saturated carbocycles. The summed E-state index contributed by atoms with van der Waals surface area (Å²) in [5, 5.41) is 5.13. The van der Waals surface area contributed by atoms with Crippen LogP contribution in [0.2, 0.25) is 0 Å². The van der Waals surface area contributed by atoms with Crippen molar-refractivity contribution in [1.29, 1.82) is 0 Å². The molecule has 0 fully saturated rings. The Morgan fingerprint density at radius 2 is 1.50 bits per heavy atom. The van der Waals surface area contributed by atoms with Crippen LogP contribution in [0.4, 0.5) is 11.4 Å². The SMILES string of the molecule is CC(C)N(c1cccnc1)c1cc2ccccc2c2ccccc12. The van der Waals surface area contributed by atoms with Crippen LogP contribution in [-0.4, -0.2) is 11.0 Å². The van der Waals surface area contributed by atoms with E-state index in [1.54, 1.807) is 0 Å². The zero-order valence-corrected chi connectivity index (χ0v) is 14.0. The normalized spacial score (nSPS) is 11.3. The average molecular weight is 312 g/mol. The monoisotopic (exact) mass is 312 g/mol. The maximum atomic E-state index is 4.31. The van der Waals surface area contributed by atoms with Gasteiger partial charge in [-0.1, -0.05) is 48.5 Å². The number of pyridine rings is 1. The van der Waals surface area contributed by atoms with Crippen LogP contribution < -0.4 is 4.90 Å². The van der Waals surface area contributed by atoms with Crippen molar-refractivity contribution in [3.63, 3.8) is 0 Å². The predicted octanol–water partition coefficient (Wildman–Crippen LogP) is 5.93. The van der Waals surface area contributed by atoms with E-state index in [1.165, 1.54) is 27.2 Å². The predicted molar refractivity (Wildman–Crippen MR) is 103 cm³/mol. The highest BCUT2D eigenvalue weighted by molar-refractivity contribution is 6.13. The fourth-order valence-corrected chi connectivity index (χ4v) is 3.45. The number of hydrogen-bond acceptors (Lipinski definition) is 2. The molecule has 2 heteroatoms. The third-order valence-electron chi connectivity index (χ3n) is 4.45. The number of fused-ring (bicyclic) bond motifs is 3. The van der Waals surface area contributed by atoms with Crippen LogP contribution >= 0.6 is 0 Å². The molecule has 4 rings (SSSR count). The Bertz CT molecular complexity index is 990. The third-order valence-corrected chi connectivity index (χ3v) is 4.45. The fourth-order valence-electron chi connectivity index (χ4n) is 3.45. The van der Waals surface area contributed by atoms with E-state index in [0.29, 0.717) is 6.04 Å². The quantitative estimate of drug-likeness (QED) is 0.436. The van der Waals surface area contributed by atoms with Crippen molar-refractivity contribution in [2.24, 2.45) is 0 Å². The van der Waals surface area contributed by atoms with Crippen molar-refractivity contribution < 1.29 is 0 Å². The summed E-state index contributed by atoms with van der Waals surface area (Å²) >= 11 is 0. The number of anilines is 2. The summed E-state index contributed by atoms with van der Waals surface area (Å²) in [6.45, 7) is 4.44. The smallest absolute Gasteiger partial charge is 0.0599 e. The molecular formula is C22H20N2. The van der Waals surface area contributed by atoms with E-state index < -0.39 is 0 Å². The van der Waals surface area contributed by atoms with E-state index in [0.717, 1.165) is 5.69 Å². The highest BCUT2D eigenvalue weighted by atomic mass is 15.2. The second-order valence-corrected chi connectivity index (χ2v) is 6.34. The lowest BCUT2D eigenvalue weighted by molar-refractivity contribution is 0.790. The molecule has 0 bridgehead atoms. The summed E-state index contributed by atoms with van der Waals surface area (Å²) in [4.78, 5) is 6.68. The van der Waals surface area contributed by atoms with Gasteiger partial charge < -0.3 is 4.90 Å². The minimum Gasteiger partial charge on any atom is -0.337 e. The molecule has 0 aliphatic rings. The van der Waals surface area contributed by atoms with Gasteiger partial charge in [0.15, 0.2) is 0 Å². The van der Waals surface area contributed by atoms with Gasteiger partial charge in [0, 0.05) is 23.3 Å². The molecule has 2 nitrogen and oxygen atoms in total. The summed E-state index contributed by atoms with van der Waals surface area (Å²) in [7, 11) is 0. The van der Waals surface area contributed by atoms with Crippen molar-refractivity contribution in [3.8, 4) is 0 Å². The Kier molecular flexibility index (Phi) is 3.66. The van der Waals surface area contributed by atoms with E-state index in [4.69, 9.17) is 0 Å².